The normalized spacial score (nSPS) is 10.6. The average molecular weight is 236 g/mol. The molecule has 17 heavy (non-hydrogen) atoms. The van der Waals surface area contributed by atoms with E-state index < -0.39 is 0 Å². The van der Waals surface area contributed by atoms with Crippen LogP contribution in [-0.4, -0.2) is 24.2 Å². The highest BCUT2D eigenvalue weighted by atomic mass is 19.1. The maximum atomic E-state index is 13.3. The Morgan fingerprint density at radius 1 is 1.41 bits per heavy atom. The molecule has 2 N–H and O–H groups in total. The van der Waals surface area contributed by atoms with Gasteiger partial charge >= 0.3 is 0 Å². The zero-order valence-corrected chi connectivity index (χ0v) is 9.64. The first-order valence-corrected chi connectivity index (χ1v) is 5.11. The molecule has 0 amide bonds. The van der Waals surface area contributed by atoms with Gasteiger partial charge in [-0.1, -0.05) is 5.16 Å². The molecule has 1 heterocycles. The predicted octanol–water partition coefficient (Wildman–Crippen LogP) is 1.40. The summed E-state index contributed by atoms with van der Waals surface area (Å²) in [5.74, 6) is 0.326. The first kappa shape index (κ1) is 11.5. The number of rotatable bonds is 3. The smallest absolute Gasteiger partial charge is 0.240 e. The Bertz CT molecular complexity index is 524. The van der Waals surface area contributed by atoms with E-state index in [-0.39, 0.29) is 12.4 Å². The molecule has 0 saturated carbocycles. The van der Waals surface area contributed by atoms with E-state index in [1.165, 1.54) is 12.1 Å². The molecule has 0 aliphatic carbocycles. The Morgan fingerprint density at radius 3 is 2.76 bits per heavy atom. The molecule has 90 valence electrons. The fourth-order valence-electron chi connectivity index (χ4n) is 1.52. The quantitative estimate of drug-likeness (QED) is 0.872. The van der Waals surface area contributed by atoms with Crippen molar-refractivity contribution in [3.05, 3.63) is 29.9 Å². The van der Waals surface area contributed by atoms with E-state index in [0.717, 1.165) is 5.69 Å². The lowest BCUT2D eigenvalue weighted by Gasteiger charge is -2.15. The lowest BCUT2D eigenvalue weighted by molar-refractivity contribution is 0.380. The third-order valence-corrected chi connectivity index (χ3v) is 2.32. The summed E-state index contributed by atoms with van der Waals surface area (Å²) in [5, 5.41) is 3.78. The summed E-state index contributed by atoms with van der Waals surface area (Å²) in [5.41, 5.74) is 6.79. The molecule has 2 rings (SSSR count). The van der Waals surface area contributed by atoms with Crippen LogP contribution in [-0.2, 0) is 6.54 Å². The van der Waals surface area contributed by atoms with Crippen LogP contribution >= 0.6 is 0 Å². The zero-order valence-electron chi connectivity index (χ0n) is 9.64. The number of nitrogens with two attached hydrogens (primary N) is 1. The van der Waals surface area contributed by atoms with Crippen molar-refractivity contribution in [3.8, 4) is 11.4 Å². The van der Waals surface area contributed by atoms with Crippen molar-refractivity contribution in [2.45, 2.75) is 6.54 Å². The first-order chi connectivity index (χ1) is 8.11. The van der Waals surface area contributed by atoms with Gasteiger partial charge in [0.15, 0.2) is 0 Å². The van der Waals surface area contributed by atoms with Crippen molar-refractivity contribution < 1.29 is 8.91 Å². The van der Waals surface area contributed by atoms with Gasteiger partial charge in [0.2, 0.25) is 11.7 Å². The van der Waals surface area contributed by atoms with Crippen molar-refractivity contribution in [2.75, 3.05) is 19.0 Å². The van der Waals surface area contributed by atoms with Gasteiger partial charge in [-0.05, 0) is 18.2 Å². The number of nitrogens with zero attached hydrogens (tertiary/aromatic N) is 3. The first-order valence-electron chi connectivity index (χ1n) is 5.11. The highest BCUT2D eigenvalue weighted by Gasteiger charge is 2.14. The minimum Gasteiger partial charge on any atom is -0.377 e. The van der Waals surface area contributed by atoms with Crippen LogP contribution in [0.1, 0.15) is 5.89 Å². The van der Waals surface area contributed by atoms with E-state index >= 15 is 0 Å². The van der Waals surface area contributed by atoms with Gasteiger partial charge in [-0.25, -0.2) is 4.39 Å². The number of aromatic nitrogens is 2. The Balaban J connectivity index is 2.52. The molecule has 0 atom stereocenters. The number of halogens is 1. The molecule has 0 fully saturated rings. The second-order valence-electron chi connectivity index (χ2n) is 3.77. The highest BCUT2D eigenvalue weighted by Crippen LogP contribution is 2.28. The van der Waals surface area contributed by atoms with Gasteiger partial charge in [0.1, 0.15) is 5.82 Å². The van der Waals surface area contributed by atoms with Crippen molar-refractivity contribution >= 4 is 5.69 Å². The Kier molecular flexibility index (Phi) is 3.06. The standard InChI is InChI=1S/C11H13FN4O/c1-16(2)9-4-3-7(12)5-8(9)11-14-10(6-13)17-15-11/h3-5H,6,13H2,1-2H3. The van der Waals surface area contributed by atoms with Crippen LogP contribution < -0.4 is 10.6 Å². The van der Waals surface area contributed by atoms with E-state index in [2.05, 4.69) is 10.1 Å². The zero-order chi connectivity index (χ0) is 12.4. The van der Waals surface area contributed by atoms with Crippen molar-refractivity contribution in [3.63, 3.8) is 0 Å². The summed E-state index contributed by atoms with van der Waals surface area (Å²) in [6.45, 7) is 0.166. The fourth-order valence-corrected chi connectivity index (χ4v) is 1.52. The summed E-state index contributed by atoms with van der Waals surface area (Å²) >= 11 is 0. The molecule has 1 aromatic carbocycles. The van der Waals surface area contributed by atoms with Crippen LogP contribution in [0.2, 0.25) is 0 Å². The van der Waals surface area contributed by atoms with Crippen LogP contribution in [0.5, 0.6) is 0 Å². The van der Waals surface area contributed by atoms with Gasteiger partial charge in [-0.15, -0.1) is 0 Å². The summed E-state index contributed by atoms with van der Waals surface area (Å²) in [6, 6.07) is 4.44. The maximum Gasteiger partial charge on any atom is 0.240 e. The van der Waals surface area contributed by atoms with E-state index in [1.807, 2.05) is 19.0 Å². The predicted molar refractivity (Wildman–Crippen MR) is 61.9 cm³/mol. The van der Waals surface area contributed by atoms with E-state index in [0.29, 0.717) is 17.3 Å². The largest absolute Gasteiger partial charge is 0.377 e. The van der Waals surface area contributed by atoms with Crippen LogP contribution in [0.3, 0.4) is 0 Å². The molecule has 0 aliphatic heterocycles. The minimum atomic E-state index is -0.343. The molecule has 0 bridgehead atoms. The number of hydrogen-bond acceptors (Lipinski definition) is 5. The summed E-state index contributed by atoms with van der Waals surface area (Å²) < 4.78 is 18.2. The third kappa shape index (κ3) is 2.26. The lowest BCUT2D eigenvalue weighted by atomic mass is 10.1. The number of anilines is 1. The Morgan fingerprint density at radius 2 is 2.18 bits per heavy atom. The molecule has 0 radical (unpaired) electrons. The van der Waals surface area contributed by atoms with Gasteiger partial charge in [-0.3, -0.25) is 0 Å². The fraction of sp³-hybridized carbons (Fsp3) is 0.273. The molecule has 2 aromatic rings. The molecular weight excluding hydrogens is 223 g/mol. The van der Waals surface area contributed by atoms with Crippen molar-refractivity contribution in [2.24, 2.45) is 5.73 Å². The van der Waals surface area contributed by atoms with E-state index in [4.69, 9.17) is 10.3 Å². The highest BCUT2D eigenvalue weighted by molar-refractivity contribution is 5.73. The maximum absolute atomic E-state index is 13.3. The van der Waals surface area contributed by atoms with Gasteiger partial charge in [-0.2, -0.15) is 4.98 Å². The SMILES string of the molecule is CN(C)c1ccc(F)cc1-c1noc(CN)n1. The molecule has 6 heteroatoms. The van der Waals surface area contributed by atoms with Crippen LogP contribution in [0.25, 0.3) is 11.4 Å². The molecule has 0 unspecified atom stereocenters. The summed E-state index contributed by atoms with van der Waals surface area (Å²) in [6.07, 6.45) is 0. The van der Waals surface area contributed by atoms with Crippen LogP contribution in [0.15, 0.2) is 22.7 Å². The average Bonchev–Trinajstić information content (AvgIpc) is 2.76. The Hall–Kier alpha value is -1.95. The monoisotopic (exact) mass is 236 g/mol. The van der Waals surface area contributed by atoms with E-state index in [9.17, 15) is 4.39 Å². The molecule has 1 aromatic heterocycles. The minimum absolute atomic E-state index is 0.166. The van der Waals surface area contributed by atoms with Gasteiger partial charge in [0.25, 0.3) is 0 Å². The summed E-state index contributed by atoms with van der Waals surface area (Å²) in [4.78, 5) is 5.94. The van der Waals surface area contributed by atoms with Gasteiger partial charge in [0.05, 0.1) is 6.54 Å². The van der Waals surface area contributed by atoms with Crippen LogP contribution in [0.4, 0.5) is 10.1 Å². The van der Waals surface area contributed by atoms with Crippen LogP contribution in [0, 0.1) is 5.82 Å². The Labute approximate surface area is 98.0 Å². The third-order valence-electron chi connectivity index (χ3n) is 2.32. The molecule has 0 aliphatic rings. The number of benzene rings is 1. The van der Waals surface area contributed by atoms with Gasteiger partial charge < -0.3 is 15.2 Å². The molecule has 5 nitrogen and oxygen atoms in total. The lowest BCUT2D eigenvalue weighted by Crippen LogP contribution is -2.10. The molecule has 0 saturated heterocycles. The van der Waals surface area contributed by atoms with Crippen molar-refractivity contribution in [1.29, 1.82) is 0 Å². The second-order valence-corrected chi connectivity index (χ2v) is 3.77. The summed E-state index contributed by atoms with van der Waals surface area (Å²) in [7, 11) is 3.72. The topological polar surface area (TPSA) is 68.2 Å². The second kappa shape index (κ2) is 4.50. The van der Waals surface area contributed by atoms with Crippen molar-refractivity contribution in [1.82, 2.24) is 10.1 Å². The number of hydrogen-bond donors (Lipinski definition) is 1. The molecule has 0 spiro atoms. The van der Waals surface area contributed by atoms with E-state index in [1.54, 1.807) is 6.07 Å². The molecular formula is C11H13FN4O. The van der Waals surface area contributed by atoms with Gasteiger partial charge in [0, 0.05) is 25.3 Å².